The Kier molecular flexibility index (Phi) is 8.73. The first-order valence-corrected chi connectivity index (χ1v) is 9.52. The molecule has 0 spiro atoms. The maximum absolute atomic E-state index is 11.2. The van der Waals surface area contributed by atoms with Crippen LogP contribution in [0.15, 0.2) is 59.5 Å². The van der Waals surface area contributed by atoms with Gasteiger partial charge in [-0.05, 0) is 37.5 Å². The lowest BCUT2D eigenvalue weighted by Gasteiger charge is -2.07. The zero-order chi connectivity index (χ0) is 20.4. The van der Waals surface area contributed by atoms with Crippen molar-refractivity contribution in [2.24, 2.45) is 5.73 Å². The quantitative estimate of drug-likeness (QED) is 0.416. The summed E-state index contributed by atoms with van der Waals surface area (Å²) in [6.07, 6.45) is 1.10. The van der Waals surface area contributed by atoms with Crippen molar-refractivity contribution in [3.63, 3.8) is 0 Å². The van der Waals surface area contributed by atoms with Gasteiger partial charge in [0.25, 0.3) is 16.7 Å². The first-order chi connectivity index (χ1) is 12.6. The topological polar surface area (TPSA) is 141 Å². The minimum atomic E-state index is -4.02. The Morgan fingerprint density at radius 3 is 2.19 bits per heavy atom. The Labute approximate surface area is 157 Å². The van der Waals surface area contributed by atoms with E-state index in [2.05, 4.69) is 0 Å². The van der Waals surface area contributed by atoms with E-state index in [1.54, 1.807) is 12.1 Å². The molecule has 0 bridgehead atoms. The third kappa shape index (κ3) is 9.04. The SMILES string of the molecule is Cc1ccc(S(=O)(=O)O)cc1.N[C@@H](CCc1ccccc1)C(=O)C[N+](=O)[O-]. The molecule has 146 valence electrons. The summed E-state index contributed by atoms with van der Waals surface area (Å²) >= 11 is 0. The zero-order valence-electron chi connectivity index (χ0n) is 14.8. The van der Waals surface area contributed by atoms with Crippen LogP contribution in [0.5, 0.6) is 0 Å². The van der Waals surface area contributed by atoms with Crippen LogP contribution in [0.3, 0.4) is 0 Å². The summed E-state index contributed by atoms with van der Waals surface area (Å²) < 4.78 is 29.6. The lowest BCUT2D eigenvalue weighted by molar-refractivity contribution is -0.467. The number of nitro groups is 1. The molecule has 2 aromatic rings. The number of benzene rings is 2. The fourth-order valence-corrected chi connectivity index (χ4v) is 2.56. The molecule has 0 fully saturated rings. The van der Waals surface area contributed by atoms with E-state index in [-0.39, 0.29) is 4.90 Å². The van der Waals surface area contributed by atoms with Crippen molar-refractivity contribution in [2.75, 3.05) is 6.54 Å². The summed E-state index contributed by atoms with van der Waals surface area (Å²) in [5, 5.41) is 10.1. The zero-order valence-corrected chi connectivity index (χ0v) is 15.6. The smallest absolute Gasteiger partial charge is 0.294 e. The number of rotatable bonds is 7. The molecule has 1 atom stereocenters. The molecule has 0 aliphatic carbocycles. The summed E-state index contributed by atoms with van der Waals surface area (Å²) in [7, 11) is -4.02. The van der Waals surface area contributed by atoms with Crippen molar-refractivity contribution in [3.05, 3.63) is 75.8 Å². The van der Waals surface area contributed by atoms with Crippen LogP contribution in [-0.4, -0.2) is 36.3 Å². The summed E-state index contributed by atoms with van der Waals surface area (Å²) in [4.78, 5) is 20.6. The first kappa shape index (κ1) is 22.4. The number of nitrogens with two attached hydrogens (primary N) is 1. The molecule has 0 unspecified atom stereocenters. The molecule has 0 aliphatic heterocycles. The number of aryl methyl sites for hydroxylation is 2. The van der Waals surface area contributed by atoms with Crippen molar-refractivity contribution >= 4 is 15.9 Å². The molecule has 0 aliphatic rings. The second-order valence-corrected chi connectivity index (χ2v) is 7.30. The van der Waals surface area contributed by atoms with Crippen molar-refractivity contribution in [1.82, 2.24) is 0 Å². The highest BCUT2D eigenvalue weighted by Gasteiger charge is 2.18. The van der Waals surface area contributed by atoms with Gasteiger partial charge in [0.05, 0.1) is 10.9 Å². The lowest BCUT2D eigenvalue weighted by Crippen LogP contribution is -2.35. The minimum absolute atomic E-state index is 0.0666. The third-order valence-corrected chi connectivity index (χ3v) is 4.47. The van der Waals surface area contributed by atoms with Crippen LogP contribution in [-0.2, 0) is 21.3 Å². The summed E-state index contributed by atoms with van der Waals surface area (Å²) in [6, 6.07) is 14.8. The highest BCUT2D eigenvalue weighted by Crippen LogP contribution is 2.08. The van der Waals surface area contributed by atoms with E-state index in [0.29, 0.717) is 12.8 Å². The highest BCUT2D eigenvalue weighted by molar-refractivity contribution is 7.85. The van der Waals surface area contributed by atoms with Gasteiger partial charge in [-0.25, -0.2) is 0 Å². The Morgan fingerprint density at radius 1 is 1.15 bits per heavy atom. The Bertz CT molecular complexity index is 851. The van der Waals surface area contributed by atoms with Gasteiger partial charge in [-0.1, -0.05) is 48.0 Å². The predicted molar refractivity (Wildman–Crippen MR) is 101 cm³/mol. The summed E-state index contributed by atoms with van der Waals surface area (Å²) in [5.74, 6) is -0.513. The maximum Gasteiger partial charge on any atom is 0.294 e. The molecule has 3 N–H and O–H groups in total. The third-order valence-electron chi connectivity index (χ3n) is 3.60. The van der Waals surface area contributed by atoms with Crippen LogP contribution in [0.2, 0.25) is 0 Å². The maximum atomic E-state index is 11.2. The standard InChI is InChI=1S/C11H14N2O3.C7H8O3S/c12-10(11(14)8-13(15)16)7-6-9-4-2-1-3-5-9;1-6-2-4-7(5-3-6)11(8,9)10/h1-5,10H,6-8,12H2;2-5H,1H3,(H,8,9,10)/t10-;/m0./s1. The minimum Gasteiger partial charge on any atom is -0.321 e. The van der Waals surface area contributed by atoms with Crippen molar-refractivity contribution in [1.29, 1.82) is 0 Å². The van der Waals surface area contributed by atoms with E-state index in [1.807, 2.05) is 37.3 Å². The number of nitrogens with zero attached hydrogens (tertiary/aromatic N) is 1. The van der Waals surface area contributed by atoms with Gasteiger partial charge >= 0.3 is 0 Å². The summed E-state index contributed by atoms with van der Waals surface area (Å²) in [6.45, 7) is 1.16. The van der Waals surface area contributed by atoms with Crippen LogP contribution in [0.1, 0.15) is 17.5 Å². The first-order valence-electron chi connectivity index (χ1n) is 8.07. The molecule has 0 saturated heterocycles. The van der Waals surface area contributed by atoms with E-state index in [1.165, 1.54) is 12.1 Å². The van der Waals surface area contributed by atoms with E-state index in [9.17, 15) is 23.3 Å². The lowest BCUT2D eigenvalue weighted by atomic mass is 10.0. The van der Waals surface area contributed by atoms with Gasteiger partial charge in [-0.3, -0.25) is 19.5 Å². The van der Waals surface area contributed by atoms with Gasteiger partial charge in [-0.2, -0.15) is 8.42 Å². The van der Waals surface area contributed by atoms with E-state index >= 15 is 0 Å². The molecule has 0 radical (unpaired) electrons. The number of hydrogen-bond donors (Lipinski definition) is 2. The normalized spacial score (nSPS) is 11.8. The van der Waals surface area contributed by atoms with Crippen molar-refractivity contribution in [2.45, 2.75) is 30.7 Å². The molecule has 2 rings (SSSR count). The van der Waals surface area contributed by atoms with E-state index in [4.69, 9.17) is 10.3 Å². The van der Waals surface area contributed by atoms with Gasteiger partial charge in [0.15, 0.2) is 0 Å². The fourth-order valence-electron chi connectivity index (χ4n) is 2.08. The Hall–Kier alpha value is -2.62. The molecule has 27 heavy (non-hydrogen) atoms. The Morgan fingerprint density at radius 2 is 1.70 bits per heavy atom. The molecular weight excluding hydrogens is 372 g/mol. The predicted octanol–water partition coefficient (Wildman–Crippen LogP) is 2.03. The second kappa shape index (κ2) is 10.5. The number of hydrogen-bond acceptors (Lipinski definition) is 6. The monoisotopic (exact) mass is 394 g/mol. The van der Waals surface area contributed by atoms with Gasteiger partial charge in [0.2, 0.25) is 5.78 Å². The number of carbonyl (C=O) groups excluding carboxylic acids is 1. The Balaban J connectivity index is 0.000000289. The molecule has 2 aromatic carbocycles. The van der Waals surface area contributed by atoms with Crippen molar-refractivity contribution in [3.8, 4) is 0 Å². The number of carbonyl (C=O) groups is 1. The highest BCUT2D eigenvalue weighted by atomic mass is 32.2. The van der Waals surface area contributed by atoms with Crippen LogP contribution < -0.4 is 5.73 Å². The van der Waals surface area contributed by atoms with Crippen LogP contribution in [0.25, 0.3) is 0 Å². The van der Waals surface area contributed by atoms with Crippen LogP contribution in [0, 0.1) is 17.0 Å². The average Bonchev–Trinajstić information content (AvgIpc) is 2.60. The molecule has 0 amide bonds. The second-order valence-electron chi connectivity index (χ2n) is 5.88. The van der Waals surface area contributed by atoms with Gasteiger partial charge in [0.1, 0.15) is 0 Å². The molecule has 0 saturated carbocycles. The van der Waals surface area contributed by atoms with E-state index in [0.717, 1.165) is 11.1 Å². The van der Waals surface area contributed by atoms with Crippen LogP contribution in [0.4, 0.5) is 0 Å². The number of Topliss-reactive ketones (excluding diaryl/α,β-unsaturated/α-hetero) is 1. The van der Waals surface area contributed by atoms with Crippen molar-refractivity contribution < 1.29 is 22.7 Å². The van der Waals surface area contributed by atoms with Gasteiger partial charge < -0.3 is 5.73 Å². The molecule has 9 heteroatoms. The van der Waals surface area contributed by atoms with Crippen LogP contribution >= 0.6 is 0 Å². The molecular formula is C18H22N2O6S. The largest absolute Gasteiger partial charge is 0.321 e. The van der Waals surface area contributed by atoms with Gasteiger partial charge in [-0.15, -0.1) is 0 Å². The van der Waals surface area contributed by atoms with Gasteiger partial charge in [0, 0.05) is 4.92 Å². The average molecular weight is 394 g/mol. The summed E-state index contributed by atoms with van der Waals surface area (Å²) in [5.41, 5.74) is 7.59. The fraction of sp³-hybridized carbons (Fsp3) is 0.278. The molecule has 0 heterocycles. The number of ketones is 1. The van der Waals surface area contributed by atoms with E-state index < -0.39 is 33.4 Å². The molecule has 8 nitrogen and oxygen atoms in total. The molecule has 0 aromatic heterocycles.